The lowest BCUT2D eigenvalue weighted by atomic mass is 10.0. The Balaban J connectivity index is 2.49. The van der Waals surface area contributed by atoms with E-state index in [1.807, 2.05) is 0 Å². The summed E-state index contributed by atoms with van der Waals surface area (Å²) in [6, 6.07) is 4.99. The largest absolute Gasteiger partial charge is 0.465 e. The maximum atomic E-state index is 13.1. The van der Waals surface area contributed by atoms with Crippen LogP contribution >= 0.6 is 0 Å². The van der Waals surface area contributed by atoms with E-state index in [0.29, 0.717) is 5.56 Å². The van der Waals surface area contributed by atoms with Crippen molar-refractivity contribution in [3.8, 4) is 11.1 Å². The number of nitrogens with zero attached hydrogens (tertiary/aromatic N) is 1. The average molecular weight is 299 g/mol. The summed E-state index contributed by atoms with van der Waals surface area (Å²) in [5, 5.41) is 0. The summed E-state index contributed by atoms with van der Waals surface area (Å²) < 4.78 is 55.1. The van der Waals surface area contributed by atoms with Crippen LogP contribution in [0, 0.1) is 5.95 Å². The highest BCUT2D eigenvalue weighted by molar-refractivity contribution is 5.96. The molecule has 0 fully saturated rings. The predicted molar refractivity (Wildman–Crippen MR) is 66.0 cm³/mol. The summed E-state index contributed by atoms with van der Waals surface area (Å²) in [4.78, 5) is 15.0. The number of hydrogen-bond donors (Lipinski definition) is 0. The van der Waals surface area contributed by atoms with E-state index in [0.717, 1.165) is 31.5 Å². The van der Waals surface area contributed by atoms with Gasteiger partial charge in [-0.05, 0) is 17.7 Å². The van der Waals surface area contributed by atoms with E-state index in [-0.39, 0.29) is 11.1 Å². The number of halogens is 4. The zero-order valence-corrected chi connectivity index (χ0v) is 10.7. The van der Waals surface area contributed by atoms with E-state index >= 15 is 0 Å². The molecule has 0 bridgehead atoms. The van der Waals surface area contributed by atoms with Crippen molar-refractivity contribution >= 4 is 5.97 Å². The molecule has 3 nitrogen and oxygen atoms in total. The molecule has 0 unspecified atom stereocenters. The van der Waals surface area contributed by atoms with Crippen LogP contribution in [-0.4, -0.2) is 18.1 Å². The van der Waals surface area contributed by atoms with Crippen molar-refractivity contribution in [2.75, 3.05) is 7.11 Å². The monoisotopic (exact) mass is 299 g/mol. The van der Waals surface area contributed by atoms with Crippen LogP contribution in [0.3, 0.4) is 0 Å². The van der Waals surface area contributed by atoms with Crippen LogP contribution < -0.4 is 0 Å². The summed E-state index contributed by atoms with van der Waals surface area (Å²) in [6.45, 7) is 0. The molecule has 7 heteroatoms. The predicted octanol–water partition coefficient (Wildman–Crippen LogP) is 3.69. The summed E-state index contributed by atoms with van der Waals surface area (Å²) >= 11 is 0. The summed E-state index contributed by atoms with van der Waals surface area (Å²) in [6.07, 6.45) is -3.38. The van der Waals surface area contributed by atoms with Gasteiger partial charge in [0.15, 0.2) is 0 Å². The van der Waals surface area contributed by atoms with E-state index in [1.54, 1.807) is 0 Å². The Morgan fingerprint density at radius 2 is 1.81 bits per heavy atom. The van der Waals surface area contributed by atoms with E-state index < -0.39 is 23.7 Å². The topological polar surface area (TPSA) is 39.2 Å². The van der Waals surface area contributed by atoms with Crippen molar-refractivity contribution in [2.24, 2.45) is 0 Å². The highest BCUT2D eigenvalue weighted by Gasteiger charge is 2.30. The third-order valence-corrected chi connectivity index (χ3v) is 2.80. The van der Waals surface area contributed by atoms with Crippen LogP contribution in [0.15, 0.2) is 36.5 Å². The average Bonchev–Trinajstić information content (AvgIpc) is 2.45. The van der Waals surface area contributed by atoms with Gasteiger partial charge < -0.3 is 4.74 Å². The Hall–Kier alpha value is -2.44. The van der Waals surface area contributed by atoms with Crippen molar-refractivity contribution < 1.29 is 27.1 Å². The van der Waals surface area contributed by atoms with E-state index in [4.69, 9.17) is 0 Å². The van der Waals surface area contributed by atoms with Gasteiger partial charge in [-0.3, -0.25) is 0 Å². The van der Waals surface area contributed by atoms with Crippen molar-refractivity contribution in [2.45, 2.75) is 6.18 Å². The lowest BCUT2D eigenvalue weighted by Crippen LogP contribution is -2.06. The fourth-order valence-electron chi connectivity index (χ4n) is 1.78. The molecule has 2 aromatic rings. The molecule has 0 saturated carbocycles. The minimum absolute atomic E-state index is 0.107. The number of carbonyl (C=O) groups excluding carboxylic acids is 1. The standard InChI is InChI=1S/C14H9F4NO2/c1-21-13(20)10-6-12(15)19-7-11(10)8-2-4-9(5-3-8)14(16,17)18/h2-7H,1H3. The molecule has 0 N–H and O–H groups in total. The first-order valence-corrected chi connectivity index (χ1v) is 5.74. The van der Waals surface area contributed by atoms with Crippen LogP contribution in [0.2, 0.25) is 0 Å². The van der Waals surface area contributed by atoms with Gasteiger partial charge in [0.05, 0.1) is 18.2 Å². The molecule has 1 heterocycles. The number of hydrogen-bond acceptors (Lipinski definition) is 3. The maximum Gasteiger partial charge on any atom is 0.416 e. The molecule has 110 valence electrons. The Morgan fingerprint density at radius 1 is 1.19 bits per heavy atom. The minimum Gasteiger partial charge on any atom is -0.465 e. The molecule has 0 aliphatic rings. The van der Waals surface area contributed by atoms with Gasteiger partial charge in [-0.15, -0.1) is 0 Å². The fraction of sp³-hybridized carbons (Fsp3) is 0.143. The lowest BCUT2D eigenvalue weighted by Gasteiger charge is -2.10. The number of ether oxygens (including phenoxy) is 1. The van der Waals surface area contributed by atoms with Crippen LogP contribution in [0.25, 0.3) is 11.1 Å². The Morgan fingerprint density at radius 3 is 2.33 bits per heavy atom. The first-order valence-electron chi connectivity index (χ1n) is 5.74. The van der Waals surface area contributed by atoms with E-state index in [2.05, 4.69) is 9.72 Å². The summed E-state index contributed by atoms with van der Waals surface area (Å²) in [5.41, 5.74) is -0.432. The summed E-state index contributed by atoms with van der Waals surface area (Å²) in [5.74, 6) is -1.68. The van der Waals surface area contributed by atoms with Crippen LogP contribution in [0.1, 0.15) is 15.9 Å². The van der Waals surface area contributed by atoms with Gasteiger partial charge in [0.1, 0.15) is 0 Å². The maximum absolute atomic E-state index is 13.1. The number of rotatable bonds is 2. The van der Waals surface area contributed by atoms with Crippen molar-refractivity contribution in [3.05, 3.63) is 53.6 Å². The zero-order valence-electron chi connectivity index (χ0n) is 10.7. The second kappa shape index (κ2) is 5.51. The second-order valence-corrected chi connectivity index (χ2v) is 4.12. The van der Waals surface area contributed by atoms with Gasteiger partial charge in [-0.1, -0.05) is 12.1 Å². The first kappa shape index (κ1) is 15.0. The van der Waals surface area contributed by atoms with Gasteiger partial charge in [-0.2, -0.15) is 17.6 Å². The molecule has 1 aromatic heterocycles. The normalized spacial score (nSPS) is 11.3. The molecule has 21 heavy (non-hydrogen) atoms. The molecule has 0 spiro atoms. The second-order valence-electron chi connectivity index (χ2n) is 4.12. The smallest absolute Gasteiger partial charge is 0.416 e. The number of pyridine rings is 1. The number of aromatic nitrogens is 1. The van der Waals surface area contributed by atoms with Crippen LogP contribution in [0.5, 0.6) is 0 Å². The molecule has 1 aromatic carbocycles. The molecule has 0 radical (unpaired) electrons. The first-order chi connectivity index (χ1) is 9.82. The molecular formula is C14H9F4NO2. The summed E-state index contributed by atoms with van der Waals surface area (Å²) in [7, 11) is 1.12. The van der Waals surface area contributed by atoms with Gasteiger partial charge >= 0.3 is 12.1 Å². The fourth-order valence-corrected chi connectivity index (χ4v) is 1.78. The van der Waals surface area contributed by atoms with E-state index in [9.17, 15) is 22.4 Å². The minimum atomic E-state index is -4.45. The molecule has 2 rings (SSSR count). The highest BCUT2D eigenvalue weighted by atomic mass is 19.4. The lowest BCUT2D eigenvalue weighted by molar-refractivity contribution is -0.137. The molecule has 0 saturated heterocycles. The van der Waals surface area contributed by atoms with E-state index in [1.165, 1.54) is 12.1 Å². The van der Waals surface area contributed by atoms with Gasteiger partial charge in [0, 0.05) is 17.8 Å². The number of alkyl halides is 3. The Labute approximate surface area is 117 Å². The number of carbonyl (C=O) groups is 1. The molecule has 0 atom stereocenters. The third-order valence-electron chi connectivity index (χ3n) is 2.80. The molecule has 0 aliphatic carbocycles. The van der Waals surface area contributed by atoms with Crippen LogP contribution in [-0.2, 0) is 10.9 Å². The SMILES string of the molecule is COC(=O)c1cc(F)ncc1-c1ccc(C(F)(F)F)cc1. The molecule has 0 aliphatic heterocycles. The zero-order chi connectivity index (χ0) is 15.6. The van der Waals surface area contributed by atoms with Crippen molar-refractivity contribution in [1.29, 1.82) is 0 Å². The quantitative estimate of drug-likeness (QED) is 0.482. The number of benzene rings is 1. The molecule has 0 amide bonds. The van der Waals surface area contributed by atoms with Gasteiger partial charge in [0.2, 0.25) is 5.95 Å². The van der Waals surface area contributed by atoms with Crippen molar-refractivity contribution in [1.82, 2.24) is 4.98 Å². The number of methoxy groups -OCH3 is 1. The van der Waals surface area contributed by atoms with Gasteiger partial charge in [-0.25, -0.2) is 9.78 Å². The van der Waals surface area contributed by atoms with Crippen LogP contribution in [0.4, 0.5) is 17.6 Å². The Bertz CT molecular complexity index is 666. The molecular weight excluding hydrogens is 290 g/mol. The Kier molecular flexibility index (Phi) is 3.93. The van der Waals surface area contributed by atoms with Gasteiger partial charge in [0.25, 0.3) is 0 Å². The highest BCUT2D eigenvalue weighted by Crippen LogP contribution is 2.31. The third kappa shape index (κ3) is 3.18. The van der Waals surface area contributed by atoms with Crippen molar-refractivity contribution in [3.63, 3.8) is 0 Å². The number of esters is 1.